The van der Waals surface area contributed by atoms with Crippen LogP contribution in [0.2, 0.25) is 0 Å². The Morgan fingerprint density at radius 3 is 3.00 bits per heavy atom. The fourth-order valence-electron chi connectivity index (χ4n) is 2.64. The predicted octanol–water partition coefficient (Wildman–Crippen LogP) is 3.71. The quantitative estimate of drug-likeness (QED) is 0.910. The lowest BCUT2D eigenvalue weighted by molar-refractivity contribution is 0.305. The molecule has 1 aromatic carbocycles. The summed E-state index contributed by atoms with van der Waals surface area (Å²) in [6, 6.07) is 10.4. The second-order valence-corrected chi connectivity index (χ2v) is 6.14. The highest BCUT2D eigenvalue weighted by molar-refractivity contribution is 7.11. The van der Waals surface area contributed by atoms with Gasteiger partial charge in [-0.05, 0) is 37.9 Å². The first-order valence-corrected chi connectivity index (χ1v) is 8.08. The lowest BCUT2D eigenvalue weighted by atomic mass is 9.98. The van der Waals surface area contributed by atoms with E-state index in [1.807, 2.05) is 30.3 Å². The highest BCUT2D eigenvalue weighted by Crippen LogP contribution is 2.34. The molecule has 0 spiro atoms. The van der Waals surface area contributed by atoms with Crippen molar-refractivity contribution in [3.8, 4) is 5.75 Å². The van der Waals surface area contributed by atoms with Crippen molar-refractivity contribution in [1.29, 1.82) is 0 Å². The second-order valence-electron chi connectivity index (χ2n) is 5.02. The number of ether oxygens (including phenoxy) is 1. The van der Waals surface area contributed by atoms with Crippen molar-refractivity contribution in [3.63, 3.8) is 0 Å². The van der Waals surface area contributed by atoms with Gasteiger partial charge in [-0.2, -0.15) is 0 Å². The van der Waals surface area contributed by atoms with E-state index in [4.69, 9.17) is 9.72 Å². The Morgan fingerprint density at radius 1 is 1.35 bits per heavy atom. The van der Waals surface area contributed by atoms with E-state index in [-0.39, 0.29) is 0 Å². The number of hydrogen-bond donors (Lipinski definition) is 1. The minimum absolute atomic E-state index is 0.492. The molecule has 0 radical (unpaired) electrons. The average Bonchev–Trinajstić information content (AvgIpc) is 2.91. The van der Waals surface area contributed by atoms with Crippen molar-refractivity contribution in [2.75, 3.05) is 6.54 Å². The second kappa shape index (κ2) is 6.37. The molecule has 4 heteroatoms. The van der Waals surface area contributed by atoms with Gasteiger partial charge in [-0.1, -0.05) is 25.1 Å². The number of aromatic nitrogens is 1. The molecule has 1 atom stereocenters. The van der Waals surface area contributed by atoms with E-state index in [0.29, 0.717) is 12.6 Å². The fourth-order valence-corrected chi connectivity index (χ4v) is 3.77. The summed E-state index contributed by atoms with van der Waals surface area (Å²) >= 11 is 1.80. The van der Waals surface area contributed by atoms with Gasteiger partial charge in [0.15, 0.2) is 0 Å². The number of nitrogens with zero attached hydrogens (tertiary/aromatic N) is 1. The van der Waals surface area contributed by atoms with Crippen LogP contribution in [0.5, 0.6) is 5.75 Å². The molecule has 20 heavy (non-hydrogen) atoms. The van der Waals surface area contributed by atoms with Crippen LogP contribution in [0.3, 0.4) is 0 Å². The lowest BCUT2D eigenvalue weighted by Crippen LogP contribution is -2.23. The molecular formula is C16H20N2OS. The highest BCUT2D eigenvalue weighted by atomic mass is 32.1. The molecule has 1 aliphatic carbocycles. The zero-order valence-corrected chi connectivity index (χ0v) is 12.6. The number of fused-ring (bicyclic) bond motifs is 1. The van der Waals surface area contributed by atoms with E-state index in [0.717, 1.165) is 23.7 Å². The smallest absolute Gasteiger partial charge is 0.140 e. The van der Waals surface area contributed by atoms with E-state index >= 15 is 0 Å². The third-order valence-electron chi connectivity index (χ3n) is 3.55. The minimum atomic E-state index is 0.492. The van der Waals surface area contributed by atoms with Crippen LogP contribution in [0.25, 0.3) is 0 Å². The van der Waals surface area contributed by atoms with Crippen molar-refractivity contribution in [2.45, 2.75) is 38.8 Å². The largest absolute Gasteiger partial charge is 0.486 e. The molecule has 1 N–H and O–H groups in total. The van der Waals surface area contributed by atoms with Crippen molar-refractivity contribution in [3.05, 3.63) is 45.9 Å². The molecule has 0 fully saturated rings. The SMILES string of the molecule is CCNC1CCCc2nc(COc3ccccc3)sc21. The van der Waals surface area contributed by atoms with Gasteiger partial charge in [0.2, 0.25) is 0 Å². The molecule has 0 amide bonds. The molecule has 0 aliphatic heterocycles. The van der Waals surface area contributed by atoms with Crippen LogP contribution in [0, 0.1) is 0 Å². The van der Waals surface area contributed by atoms with E-state index in [9.17, 15) is 0 Å². The Morgan fingerprint density at radius 2 is 2.20 bits per heavy atom. The van der Waals surface area contributed by atoms with Gasteiger partial charge in [0.1, 0.15) is 17.4 Å². The fraction of sp³-hybridized carbons (Fsp3) is 0.438. The first-order chi connectivity index (χ1) is 9.86. The monoisotopic (exact) mass is 288 g/mol. The van der Waals surface area contributed by atoms with Gasteiger partial charge < -0.3 is 10.1 Å². The Kier molecular flexibility index (Phi) is 4.33. The molecular weight excluding hydrogens is 268 g/mol. The number of aryl methyl sites for hydroxylation is 1. The topological polar surface area (TPSA) is 34.2 Å². The summed E-state index contributed by atoms with van der Waals surface area (Å²) in [7, 11) is 0. The van der Waals surface area contributed by atoms with E-state index < -0.39 is 0 Å². The predicted molar refractivity (Wildman–Crippen MR) is 82.2 cm³/mol. The van der Waals surface area contributed by atoms with Crippen LogP contribution >= 0.6 is 11.3 Å². The van der Waals surface area contributed by atoms with Crippen molar-refractivity contribution < 1.29 is 4.74 Å². The number of nitrogens with one attached hydrogen (secondary N) is 1. The van der Waals surface area contributed by atoms with Crippen molar-refractivity contribution in [1.82, 2.24) is 10.3 Å². The summed E-state index contributed by atoms with van der Waals surface area (Å²) in [5.74, 6) is 0.906. The summed E-state index contributed by atoms with van der Waals surface area (Å²) in [6.45, 7) is 3.74. The first-order valence-electron chi connectivity index (χ1n) is 7.26. The average molecular weight is 288 g/mol. The molecule has 2 aromatic rings. The Balaban J connectivity index is 1.69. The van der Waals surface area contributed by atoms with Gasteiger partial charge in [-0.3, -0.25) is 0 Å². The summed E-state index contributed by atoms with van der Waals surface area (Å²) in [5.41, 5.74) is 1.28. The number of thiazole rings is 1. The molecule has 1 aromatic heterocycles. The lowest BCUT2D eigenvalue weighted by Gasteiger charge is -2.21. The maximum absolute atomic E-state index is 5.79. The van der Waals surface area contributed by atoms with Gasteiger partial charge in [-0.15, -0.1) is 11.3 Å². The van der Waals surface area contributed by atoms with Gasteiger partial charge >= 0.3 is 0 Å². The molecule has 1 aliphatic rings. The van der Waals surface area contributed by atoms with Gasteiger partial charge in [0.25, 0.3) is 0 Å². The summed E-state index contributed by atoms with van der Waals surface area (Å²) < 4.78 is 5.79. The van der Waals surface area contributed by atoms with E-state index in [1.54, 1.807) is 11.3 Å². The number of benzene rings is 1. The van der Waals surface area contributed by atoms with Gasteiger partial charge in [-0.25, -0.2) is 4.98 Å². The molecule has 1 unspecified atom stereocenters. The van der Waals surface area contributed by atoms with Crippen LogP contribution in [-0.2, 0) is 13.0 Å². The van der Waals surface area contributed by atoms with E-state index in [1.165, 1.54) is 23.4 Å². The van der Waals surface area contributed by atoms with Crippen molar-refractivity contribution in [2.24, 2.45) is 0 Å². The molecule has 3 nitrogen and oxygen atoms in total. The van der Waals surface area contributed by atoms with Crippen LogP contribution in [-0.4, -0.2) is 11.5 Å². The number of rotatable bonds is 5. The normalized spacial score (nSPS) is 17.8. The van der Waals surface area contributed by atoms with Crippen molar-refractivity contribution >= 4 is 11.3 Å². The minimum Gasteiger partial charge on any atom is -0.486 e. The van der Waals surface area contributed by atoms with Crippen LogP contribution in [0.1, 0.15) is 41.4 Å². The molecule has 106 valence electrons. The molecule has 0 saturated carbocycles. The zero-order chi connectivity index (χ0) is 13.8. The number of hydrogen-bond acceptors (Lipinski definition) is 4. The molecule has 0 bridgehead atoms. The third-order valence-corrected chi connectivity index (χ3v) is 4.74. The molecule has 0 saturated heterocycles. The standard InChI is InChI=1S/C16H20N2OS/c1-2-17-13-9-6-10-14-16(13)20-15(18-14)11-19-12-7-4-3-5-8-12/h3-5,7-8,13,17H,2,6,9-11H2,1H3. The summed E-state index contributed by atoms with van der Waals surface area (Å²) in [4.78, 5) is 6.17. The van der Waals surface area contributed by atoms with Crippen LogP contribution in [0.15, 0.2) is 30.3 Å². The van der Waals surface area contributed by atoms with Crippen LogP contribution in [0.4, 0.5) is 0 Å². The zero-order valence-electron chi connectivity index (χ0n) is 11.8. The molecule has 1 heterocycles. The van der Waals surface area contributed by atoms with Gasteiger partial charge in [0.05, 0.1) is 5.69 Å². The molecule has 3 rings (SSSR count). The van der Waals surface area contributed by atoms with Gasteiger partial charge in [0, 0.05) is 10.9 Å². The first kappa shape index (κ1) is 13.6. The maximum atomic E-state index is 5.79. The Labute approximate surface area is 124 Å². The number of para-hydroxylation sites is 1. The van der Waals surface area contributed by atoms with Crippen LogP contribution < -0.4 is 10.1 Å². The third kappa shape index (κ3) is 3.02. The van der Waals surface area contributed by atoms with E-state index in [2.05, 4.69) is 12.2 Å². The highest BCUT2D eigenvalue weighted by Gasteiger charge is 2.23. The summed E-state index contributed by atoms with van der Waals surface area (Å²) in [5, 5.41) is 4.64. The maximum Gasteiger partial charge on any atom is 0.140 e. The Hall–Kier alpha value is -1.39. The summed E-state index contributed by atoms with van der Waals surface area (Å²) in [6.07, 6.45) is 3.56. The Bertz CT molecular complexity index is 553.